The van der Waals surface area contributed by atoms with E-state index < -0.39 is 11.5 Å². The Morgan fingerprint density at radius 1 is 1.31 bits per heavy atom. The molecule has 2 aromatic rings. The van der Waals surface area contributed by atoms with Gasteiger partial charge in [-0.2, -0.15) is 5.10 Å². The van der Waals surface area contributed by atoms with E-state index in [0.717, 1.165) is 24.3 Å². The van der Waals surface area contributed by atoms with Crippen LogP contribution in [0.3, 0.4) is 0 Å². The smallest absolute Gasteiger partial charge is 0.255 e. The fourth-order valence-electron chi connectivity index (χ4n) is 4.98. The van der Waals surface area contributed by atoms with Crippen molar-refractivity contribution in [2.24, 2.45) is 5.10 Å². The molecule has 3 aliphatic heterocycles. The van der Waals surface area contributed by atoms with Crippen LogP contribution < -0.4 is 0 Å². The number of alkyl halides is 1. The summed E-state index contributed by atoms with van der Waals surface area (Å²) in [4.78, 5) is 20.2. The number of nitrogens with zero attached hydrogens (tertiary/aromatic N) is 4. The van der Waals surface area contributed by atoms with Gasteiger partial charge in [0.2, 0.25) is 0 Å². The molecule has 8 heteroatoms. The number of carbonyl (C=O) groups is 1. The Hall–Kier alpha value is -2.35. The Bertz CT molecular complexity index is 963. The molecule has 0 aromatic carbocycles. The SMILES string of the molecule is CN1CC(c2cc(C(=O)N3C4CCC3CC(F)(c3ncccc3F)C4)cs2)C=N1. The van der Waals surface area contributed by atoms with Crippen LogP contribution in [-0.2, 0) is 5.67 Å². The molecule has 2 fully saturated rings. The molecule has 3 unspecified atom stereocenters. The van der Waals surface area contributed by atoms with E-state index in [2.05, 4.69) is 10.1 Å². The van der Waals surface area contributed by atoms with Gasteiger partial charge < -0.3 is 4.90 Å². The van der Waals surface area contributed by atoms with Gasteiger partial charge >= 0.3 is 0 Å². The Kier molecular flexibility index (Phi) is 4.42. The van der Waals surface area contributed by atoms with Crippen molar-refractivity contribution in [3.8, 4) is 0 Å². The number of hydrogen-bond acceptors (Lipinski definition) is 5. The molecule has 0 spiro atoms. The average molecular weight is 416 g/mol. The lowest BCUT2D eigenvalue weighted by molar-refractivity contribution is 0.00654. The van der Waals surface area contributed by atoms with Crippen LogP contribution in [0.25, 0.3) is 0 Å². The first kappa shape index (κ1) is 18.7. The van der Waals surface area contributed by atoms with Gasteiger partial charge in [-0.05, 0) is 31.0 Å². The monoisotopic (exact) mass is 416 g/mol. The van der Waals surface area contributed by atoms with E-state index in [0.29, 0.717) is 5.56 Å². The number of hydrazone groups is 1. The van der Waals surface area contributed by atoms with Crippen molar-refractivity contribution in [2.45, 2.75) is 49.4 Å². The highest BCUT2D eigenvalue weighted by atomic mass is 32.1. The van der Waals surface area contributed by atoms with E-state index in [9.17, 15) is 9.18 Å². The minimum absolute atomic E-state index is 0.0492. The van der Waals surface area contributed by atoms with Crippen molar-refractivity contribution in [3.63, 3.8) is 0 Å². The zero-order valence-corrected chi connectivity index (χ0v) is 16.9. The van der Waals surface area contributed by atoms with E-state index in [1.807, 2.05) is 34.6 Å². The first-order valence-corrected chi connectivity index (χ1v) is 10.8. The maximum absolute atomic E-state index is 15.7. The molecule has 5 rings (SSSR count). The standard InChI is InChI=1S/C21H22F2N4OS/c1-26-11-14(10-25-26)18-7-13(12-29-18)20(28)27-15-4-5-16(27)9-21(23,8-15)19-17(22)3-2-6-24-19/h2-3,6-7,10,12,14-16H,4-5,8-9,11H2,1H3. The summed E-state index contributed by atoms with van der Waals surface area (Å²) in [5, 5.41) is 8.04. The number of aromatic nitrogens is 1. The normalized spacial score (nSPS) is 30.9. The van der Waals surface area contributed by atoms with Crippen molar-refractivity contribution in [3.05, 3.63) is 51.7 Å². The lowest BCUT2D eigenvalue weighted by Gasteiger charge is -2.42. The molecule has 0 radical (unpaired) electrons. The fraction of sp³-hybridized carbons (Fsp3) is 0.476. The van der Waals surface area contributed by atoms with Gasteiger partial charge in [0, 0.05) is 67.1 Å². The van der Waals surface area contributed by atoms with E-state index in [4.69, 9.17) is 0 Å². The summed E-state index contributed by atoms with van der Waals surface area (Å²) in [6, 6.07) is 4.21. The van der Waals surface area contributed by atoms with Gasteiger partial charge in [-0.1, -0.05) is 0 Å². The molecule has 1 amide bonds. The molecule has 2 bridgehead atoms. The van der Waals surface area contributed by atoms with Crippen LogP contribution in [0.15, 0.2) is 34.9 Å². The van der Waals surface area contributed by atoms with Crippen molar-refractivity contribution >= 4 is 23.5 Å². The van der Waals surface area contributed by atoms with Gasteiger partial charge in [-0.3, -0.25) is 14.8 Å². The topological polar surface area (TPSA) is 48.8 Å². The average Bonchev–Trinajstić information content (AvgIpc) is 3.40. The second-order valence-electron chi connectivity index (χ2n) is 8.25. The second kappa shape index (κ2) is 6.86. The third-order valence-corrected chi connectivity index (χ3v) is 7.36. The summed E-state index contributed by atoms with van der Waals surface area (Å²) in [6.07, 6.45) is 5.01. The molecule has 0 saturated carbocycles. The maximum Gasteiger partial charge on any atom is 0.255 e. The largest absolute Gasteiger partial charge is 0.332 e. The minimum atomic E-state index is -1.82. The summed E-state index contributed by atoms with van der Waals surface area (Å²) in [5.74, 6) is -0.457. The number of carbonyl (C=O) groups excluding carboxylic acids is 1. The van der Waals surface area contributed by atoms with Crippen LogP contribution in [0.5, 0.6) is 0 Å². The van der Waals surface area contributed by atoms with E-state index in [-0.39, 0.29) is 42.4 Å². The van der Waals surface area contributed by atoms with Crippen molar-refractivity contribution in [2.75, 3.05) is 13.6 Å². The van der Waals surface area contributed by atoms with E-state index >= 15 is 4.39 Å². The first-order chi connectivity index (χ1) is 13.9. The van der Waals surface area contributed by atoms with Gasteiger partial charge in [0.1, 0.15) is 11.5 Å². The van der Waals surface area contributed by atoms with Crippen LogP contribution in [0.2, 0.25) is 0 Å². The molecule has 152 valence electrons. The van der Waals surface area contributed by atoms with Gasteiger partial charge in [-0.25, -0.2) is 8.78 Å². The molecule has 5 nitrogen and oxygen atoms in total. The van der Waals surface area contributed by atoms with Crippen LogP contribution in [-0.4, -0.2) is 52.7 Å². The van der Waals surface area contributed by atoms with Crippen LogP contribution in [0, 0.1) is 5.82 Å². The zero-order valence-electron chi connectivity index (χ0n) is 16.1. The number of likely N-dealkylation sites (N-methyl/N-ethyl adjacent to an activating group) is 1. The third-order valence-electron chi connectivity index (χ3n) is 6.29. The molecule has 0 N–H and O–H groups in total. The molecular weight excluding hydrogens is 394 g/mol. The third kappa shape index (κ3) is 3.13. The van der Waals surface area contributed by atoms with E-state index in [1.54, 1.807) is 11.3 Å². The number of hydrogen-bond donors (Lipinski definition) is 0. The molecule has 0 aliphatic carbocycles. The summed E-state index contributed by atoms with van der Waals surface area (Å²) in [6.45, 7) is 0.809. The van der Waals surface area contributed by atoms with Crippen LogP contribution >= 0.6 is 11.3 Å². The van der Waals surface area contributed by atoms with Crippen LogP contribution in [0.1, 0.15) is 52.5 Å². The van der Waals surface area contributed by atoms with Crippen molar-refractivity contribution < 1.29 is 13.6 Å². The highest BCUT2D eigenvalue weighted by Crippen LogP contribution is 2.48. The molecule has 2 aromatic heterocycles. The lowest BCUT2D eigenvalue weighted by atomic mass is 9.84. The minimum Gasteiger partial charge on any atom is -0.332 e. The molecule has 3 atom stereocenters. The summed E-state index contributed by atoms with van der Waals surface area (Å²) in [7, 11) is 1.93. The number of amides is 1. The Balaban J connectivity index is 1.36. The lowest BCUT2D eigenvalue weighted by Crippen LogP contribution is -2.51. The predicted octanol–water partition coefficient (Wildman–Crippen LogP) is 3.93. The summed E-state index contributed by atoms with van der Waals surface area (Å²) < 4.78 is 29.9. The quantitative estimate of drug-likeness (QED) is 0.762. The van der Waals surface area contributed by atoms with Gasteiger partial charge in [0.15, 0.2) is 5.67 Å². The number of rotatable bonds is 3. The van der Waals surface area contributed by atoms with Gasteiger partial charge in [0.25, 0.3) is 5.91 Å². The summed E-state index contributed by atoms with van der Waals surface area (Å²) in [5.41, 5.74) is -1.29. The molecule has 29 heavy (non-hydrogen) atoms. The number of piperidine rings is 1. The second-order valence-corrected chi connectivity index (χ2v) is 9.20. The molecular formula is C21H22F2N4OS. The zero-order chi connectivity index (χ0) is 20.2. The Morgan fingerprint density at radius 2 is 2.07 bits per heavy atom. The maximum atomic E-state index is 15.7. The number of pyridine rings is 1. The van der Waals surface area contributed by atoms with E-state index in [1.165, 1.54) is 18.3 Å². The first-order valence-electron chi connectivity index (χ1n) is 9.91. The summed E-state index contributed by atoms with van der Waals surface area (Å²) >= 11 is 1.56. The highest BCUT2D eigenvalue weighted by molar-refractivity contribution is 7.10. The van der Waals surface area contributed by atoms with Crippen LogP contribution in [0.4, 0.5) is 8.78 Å². The molecule has 3 aliphatic rings. The Labute approximate surface area is 172 Å². The number of halogens is 2. The highest BCUT2D eigenvalue weighted by Gasteiger charge is 2.53. The van der Waals surface area contributed by atoms with Crippen molar-refractivity contribution in [1.82, 2.24) is 14.9 Å². The molecule has 2 saturated heterocycles. The fourth-order valence-corrected chi connectivity index (χ4v) is 5.91. The van der Waals surface area contributed by atoms with Crippen molar-refractivity contribution in [1.29, 1.82) is 0 Å². The number of fused-ring (bicyclic) bond motifs is 2. The predicted molar refractivity (Wildman–Crippen MR) is 107 cm³/mol. The Morgan fingerprint density at radius 3 is 2.72 bits per heavy atom. The number of thiophene rings is 1. The van der Waals surface area contributed by atoms with Gasteiger partial charge in [-0.15, -0.1) is 11.3 Å². The molecule has 5 heterocycles. The van der Waals surface area contributed by atoms with Gasteiger partial charge in [0.05, 0.1) is 5.56 Å².